The van der Waals surface area contributed by atoms with Gasteiger partial charge < -0.3 is 5.73 Å². The van der Waals surface area contributed by atoms with E-state index in [4.69, 9.17) is 5.73 Å². The van der Waals surface area contributed by atoms with Crippen LogP contribution < -0.4 is 5.73 Å². The Morgan fingerprint density at radius 1 is 0.793 bits per heavy atom. The van der Waals surface area contributed by atoms with Gasteiger partial charge in [0.05, 0.1) is 0 Å². The fourth-order valence-electron chi connectivity index (χ4n) is 4.89. The third-order valence-corrected chi connectivity index (χ3v) is 6.37. The number of nitrogens with two attached hydrogens (primary N) is 1. The van der Waals surface area contributed by atoms with E-state index in [2.05, 4.69) is 92.7 Å². The zero-order chi connectivity index (χ0) is 20.0. The Hall–Kier alpha value is -3.32. The van der Waals surface area contributed by atoms with Gasteiger partial charge in [-0.15, -0.1) is 0 Å². The molecule has 1 aliphatic rings. The minimum Gasteiger partial charge on any atom is -0.405 e. The predicted octanol–water partition coefficient (Wildman–Crippen LogP) is 6.67. The molecule has 1 heteroatoms. The van der Waals surface area contributed by atoms with Crippen LogP contribution >= 0.6 is 0 Å². The molecule has 2 N–H and O–H groups in total. The van der Waals surface area contributed by atoms with Gasteiger partial charge in [-0.1, -0.05) is 92.7 Å². The molecule has 4 aromatic carbocycles. The molecule has 4 aromatic rings. The molecular weight excluding hydrogens is 350 g/mol. The summed E-state index contributed by atoms with van der Waals surface area (Å²) in [6, 6.07) is 28.8. The van der Waals surface area contributed by atoms with E-state index in [-0.39, 0.29) is 5.41 Å². The van der Waals surface area contributed by atoms with Gasteiger partial charge in [-0.05, 0) is 68.4 Å². The minimum absolute atomic E-state index is 0.0564. The fraction of sp³-hybridized carbons (Fsp3) is 0.143. The molecular formula is C28H25N. The van der Waals surface area contributed by atoms with Crippen molar-refractivity contribution in [1.82, 2.24) is 0 Å². The topological polar surface area (TPSA) is 26.0 Å². The number of hydrogen-bond acceptors (Lipinski definition) is 1. The summed E-state index contributed by atoms with van der Waals surface area (Å²) in [6.07, 6.45) is 4.57. The number of benzene rings is 4. The van der Waals surface area contributed by atoms with E-state index in [1.807, 2.05) is 6.08 Å². The van der Waals surface area contributed by atoms with Gasteiger partial charge in [0.15, 0.2) is 0 Å². The highest BCUT2D eigenvalue weighted by atomic mass is 14.5. The van der Waals surface area contributed by atoms with Crippen molar-refractivity contribution in [3.05, 3.63) is 113 Å². The molecule has 5 rings (SSSR count). The standard InChI is InChI=1S/C28H25N/c1-28(2)26-10-6-5-9-24(26)25-18-19(11-14-27(25)28)17-21-13-12-20-7-3-4-8-22(20)23(21)15-16-29/h3-16,18H,17,29H2,1-2H3/b16-15-. The maximum Gasteiger partial charge on any atom is 0.0158 e. The van der Waals surface area contributed by atoms with Crippen molar-refractivity contribution in [3.63, 3.8) is 0 Å². The van der Waals surface area contributed by atoms with Crippen LogP contribution in [0.2, 0.25) is 0 Å². The van der Waals surface area contributed by atoms with Gasteiger partial charge in [-0.25, -0.2) is 0 Å². The third kappa shape index (κ3) is 2.77. The van der Waals surface area contributed by atoms with Crippen LogP contribution in [0.5, 0.6) is 0 Å². The van der Waals surface area contributed by atoms with Crippen molar-refractivity contribution in [1.29, 1.82) is 0 Å². The van der Waals surface area contributed by atoms with E-state index in [9.17, 15) is 0 Å². The minimum atomic E-state index is 0.0564. The average Bonchev–Trinajstić information content (AvgIpc) is 2.97. The van der Waals surface area contributed by atoms with Crippen molar-refractivity contribution in [2.24, 2.45) is 5.73 Å². The molecule has 142 valence electrons. The predicted molar refractivity (Wildman–Crippen MR) is 124 cm³/mol. The summed E-state index contributed by atoms with van der Waals surface area (Å²) in [6.45, 7) is 4.65. The maximum absolute atomic E-state index is 5.79. The molecule has 0 aromatic heterocycles. The Morgan fingerprint density at radius 3 is 2.41 bits per heavy atom. The maximum atomic E-state index is 5.79. The summed E-state index contributed by atoms with van der Waals surface area (Å²) in [4.78, 5) is 0. The lowest BCUT2D eigenvalue weighted by Crippen LogP contribution is -2.14. The van der Waals surface area contributed by atoms with Crippen LogP contribution in [0.25, 0.3) is 28.0 Å². The van der Waals surface area contributed by atoms with Gasteiger partial charge in [0, 0.05) is 5.41 Å². The molecule has 29 heavy (non-hydrogen) atoms. The second kappa shape index (κ2) is 6.63. The van der Waals surface area contributed by atoms with Crippen molar-refractivity contribution >= 4 is 16.8 Å². The summed E-state index contributed by atoms with van der Waals surface area (Å²) in [5, 5.41) is 2.49. The number of fused-ring (bicyclic) bond motifs is 4. The molecule has 0 bridgehead atoms. The molecule has 0 unspecified atom stereocenters. The van der Waals surface area contributed by atoms with E-state index in [0.29, 0.717) is 0 Å². The second-order valence-electron chi connectivity index (χ2n) is 8.45. The summed E-state index contributed by atoms with van der Waals surface area (Å²) in [5.41, 5.74) is 15.3. The average molecular weight is 376 g/mol. The SMILES string of the molecule is CC1(C)c2ccccc2-c2cc(Cc3ccc4ccccc4c3/C=C\N)ccc21. The highest BCUT2D eigenvalue weighted by Crippen LogP contribution is 2.48. The van der Waals surface area contributed by atoms with E-state index in [0.717, 1.165) is 6.42 Å². The molecule has 0 aliphatic heterocycles. The first-order chi connectivity index (χ1) is 14.1. The van der Waals surface area contributed by atoms with Crippen LogP contribution in [0.4, 0.5) is 0 Å². The molecule has 0 saturated heterocycles. The first-order valence-electron chi connectivity index (χ1n) is 10.2. The molecule has 1 aliphatic carbocycles. The van der Waals surface area contributed by atoms with E-state index in [1.165, 1.54) is 49.7 Å². The van der Waals surface area contributed by atoms with E-state index < -0.39 is 0 Å². The third-order valence-electron chi connectivity index (χ3n) is 6.37. The Morgan fingerprint density at radius 2 is 1.55 bits per heavy atom. The van der Waals surface area contributed by atoms with Crippen LogP contribution in [0.3, 0.4) is 0 Å². The first kappa shape index (κ1) is 17.8. The molecule has 0 fully saturated rings. The van der Waals surface area contributed by atoms with Crippen molar-refractivity contribution in [2.75, 3.05) is 0 Å². The summed E-state index contributed by atoms with van der Waals surface area (Å²) >= 11 is 0. The fourth-order valence-corrected chi connectivity index (χ4v) is 4.89. The van der Waals surface area contributed by atoms with Crippen molar-refractivity contribution in [3.8, 4) is 11.1 Å². The quantitative estimate of drug-likeness (QED) is 0.425. The molecule has 1 nitrogen and oxygen atoms in total. The second-order valence-corrected chi connectivity index (χ2v) is 8.45. The van der Waals surface area contributed by atoms with Gasteiger partial charge >= 0.3 is 0 Å². The van der Waals surface area contributed by atoms with Crippen LogP contribution in [0.15, 0.2) is 85.1 Å². The van der Waals surface area contributed by atoms with E-state index in [1.54, 1.807) is 6.20 Å². The van der Waals surface area contributed by atoms with Crippen molar-refractivity contribution in [2.45, 2.75) is 25.7 Å². The molecule has 0 amide bonds. The van der Waals surface area contributed by atoms with Crippen LogP contribution in [0, 0.1) is 0 Å². The summed E-state index contributed by atoms with van der Waals surface area (Å²) in [5.74, 6) is 0. The number of rotatable bonds is 3. The van der Waals surface area contributed by atoms with E-state index >= 15 is 0 Å². The molecule has 0 atom stereocenters. The number of hydrogen-bond donors (Lipinski definition) is 1. The lowest BCUT2D eigenvalue weighted by atomic mass is 9.82. The Labute approximate surface area is 172 Å². The van der Waals surface area contributed by atoms with Gasteiger partial charge in [-0.2, -0.15) is 0 Å². The summed E-state index contributed by atoms with van der Waals surface area (Å²) < 4.78 is 0. The van der Waals surface area contributed by atoms with Gasteiger partial charge in [0.25, 0.3) is 0 Å². The zero-order valence-electron chi connectivity index (χ0n) is 16.9. The van der Waals surface area contributed by atoms with Gasteiger partial charge in [-0.3, -0.25) is 0 Å². The Bertz CT molecular complexity index is 1260. The molecule has 0 heterocycles. The monoisotopic (exact) mass is 375 g/mol. The molecule has 0 saturated carbocycles. The Balaban J connectivity index is 1.61. The first-order valence-corrected chi connectivity index (χ1v) is 10.2. The largest absolute Gasteiger partial charge is 0.405 e. The van der Waals surface area contributed by atoms with Crippen LogP contribution in [-0.4, -0.2) is 0 Å². The molecule has 0 spiro atoms. The van der Waals surface area contributed by atoms with Crippen molar-refractivity contribution < 1.29 is 0 Å². The highest BCUT2D eigenvalue weighted by molar-refractivity contribution is 5.92. The van der Waals surface area contributed by atoms with Gasteiger partial charge in [0.2, 0.25) is 0 Å². The smallest absolute Gasteiger partial charge is 0.0158 e. The van der Waals surface area contributed by atoms with Gasteiger partial charge in [0.1, 0.15) is 0 Å². The summed E-state index contributed by atoms with van der Waals surface area (Å²) in [7, 11) is 0. The van der Waals surface area contributed by atoms with Crippen LogP contribution in [-0.2, 0) is 11.8 Å². The molecule has 0 radical (unpaired) electrons. The Kier molecular flexibility index (Phi) is 4.06. The zero-order valence-corrected chi connectivity index (χ0v) is 16.9. The van der Waals surface area contributed by atoms with Crippen LogP contribution in [0.1, 0.15) is 41.7 Å². The normalized spacial score (nSPS) is 14.3. The highest BCUT2D eigenvalue weighted by Gasteiger charge is 2.34. The lowest BCUT2D eigenvalue weighted by molar-refractivity contribution is 0.660. The lowest BCUT2D eigenvalue weighted by Gasteiger charge is -2.21.